The van der Waals surface area contributed by atoms with E-state index < -0.39 is 36.5 Å². The van der Waals surface area contributed by atoms with Crippen LogP contribution in [0, 0.1) is 0 Å². The van der Waals surface area contributed by atoms with Crippen LogP contribution in [0.2, 0.25) is 0 Å². The molecule has 0 aromatic rings. The average molecular weight is 218 g/mol. The van der Waals surface area contributed by atoms with Crippen LogP contribution in [-0.2, 0) is 17.4 Å². The Morgan fingerprint density at radius 2 is 1.62 bits per heavy atom. The molecule has 0 saturated carbocycles. The summed E-state index contributed by atoms with van der Waals surface area (Å²) in [6.07, 6.45) is -4.83. The van der Waals surface area contributed by atoms with Crippen LogP contribution in [0.3, 0.4) is 0 Å². The summed E-state index contributed by atoms with van der Waals surface area (Å²) in [6.45, 7) is -0.432. The van der Waals surface area contributed by atoms with Crippen molar-refractivity contribution in [2.75, 3.05) is 6.61 Å². The zero-order chi connectivity index (χ0) is 9.30. The van der Waals surface area contributed by atoms with Gasteiger partial charge in [0.25, 0.3) is 0 Å². The smallest absolute Gasteiger partial charge is 0.759 e. The van der Waals surface area contributed by atoms with Crippen LogP contribution in [0.25, 0.3) is 0 Å². The summed E-state index contributed by atoms with van der Waals surface area (Å²) in [5, 5.41) is 36.1. The zero-order valence-corrected chi connectivity index (χ0v) is 10.0. The molecule has 1 saturated heterocycles. The Morgan fingerprint density at radius 3 is 2.08 bits per heavy atom. The molecule has 1 rings (SSSR count). The number of rotatable bonds is 1. The van der Waals surface area contributed by atoms with E-state index in [-0.39, 0.29) is 29.6 Å². The van der Waals surface area contributed by atoms with E-state index in [4.69, 9.17) is 20.1 Å². The van der Waals surface area contributed by atoms with E-state index >= 15 is 0 Å². The van der Waals surface area contributed by atoms with Gasteiger partial charge < -0.3 is 37.8 Å². The Kier molecular flexibility index (Phi) is 6.41. The summed E-state index contributed by atoms with van der Waals surface area (Å²) in [5.41, 5.74) is -0.986. The average Bonchev–Trinajstić information content (AvgIpc) is 2.08. The van der Waals surface area contributed by atoms with Gasteiger partial charge in [-0.15, -0.1) is 0 Å². The maximum Gasteiger partial charge on any atom is 1.00 e. The second-order valence-electron chi connectivity index (χ2n) is 2.70. The van der Waals surface area contributed by atoms with Crippen LogP contribution in [0.15, 0.2) is 0 Å². The summed E-state index contributed by atoms with van der Waals surface area (Å²) in [4.78, 5) is 0. The van der Waals surface area contributed by atoms with E-state index in [0.717, 1.165) is 0 Å². The van der Waals surface area contributed by atoms with Crippen LogP contribution in [0.5, 0.6) is 0 Å². The van der Waals surface area contributed by atoms with Gasteiger partial charge in [0.15, 0.2) is 0 Å². The largest absolute Gasteiger partial charge is 1.00 e. The molecule has 4 N–H and O–H groups in total. The Hall–Kier alpha value is 1.15. The fourth-order valence-corrected chi connectivity index (χ4v) is 1.37. The van der Waals surface area contributed by atoms with Crippen molar-refractivity contribution in [2.45, 2.75) is 29.9 Å². The van der Waals surface area contributed by atoms with E-state index in [1.54, 1.807) is 0 Å². The predicted molar refractivity (Wildman–Crippen MR) is 41.1 cm³/mol. The monoisotopic (exact) mass is 218 g/mol. The number of aliphatic hydroxyl groups excluding tert-OH is 4. The summed E-state index contributed by atoms with van der Waals surface area (Å²) in [5.74, 6) is 0. The van der Waals surface area contributed by atoms with Gasteiger partial charge in [0.05, 0.1) is 12.7 Å². The van der Waals surface area contributed by atoms with Crippen LogP contribution < -0.4 is 29.6 Å². The van der Waals surface area contributed by atoms with Crippen LogP contribution in [0.4, 0.5) is 0 Å². The van der Waals surface area contributed by atoms with Crippen LogP contribution in [-0.4, -0.2) is 56.9 Å². The van der Waals surface area contributed by atoms with Gasteiger partial charge in [-0.05, 0) is 5.44 Å². The molecule has 0 aliphatic carbocycles. The van der Waals surface area contributed by atoms with Crippen molar-refractivity contribution in [1.82, 2.24) is 0 Å². The molecular weight excluding hydrogens is 207 g/mol. The van der Waals surface area contributed by atoms with Crippen molar-refractivity contribution in [3.63, 3.8) is 0 Å². The second-order valence-corrected chi connectivity index (χ2v) is 3.16. The third-order valence-electron chi connectivity index (χ3n) is 1.85. The molecule has 2 unspecified atom stereocenters. The summed E-state index contributed by atoms with van der Waals surface area (Å²) in [6, 6.07) is 0. The molecule has 1 fully saturated rings. The first-order valence-electron chi connectivity index (χ1n) is 3.54. The standard InChI is InChI=1S/C6H12O5S.Na/c7-1-2-3(8)4(9)5(10)6(12)11-2;/h2-10,12H,1H2;/q;+1/p-1/t2?,3-,4+,5?,6-;/m0./s1. The third-order valence-corrected chi connectivity index (χ3v) is 2.24. The van der Waals surface area contributed by atoms with Gasteiger partial charge in [0.2, 0.25) is 0 Å². The number of hydrogen-bond donors (Lipinski definition) is 4. The Bertz CT molecular complexity index is 155. The van der Waals surface area contributed by atoms with Crippen molar-refractivity contribution in [1.29, 1.82) is 0 Å². The predicted octanol–water partition coefficient (Wildman–Crippen LogP) is -5.66. The van der Waals surface area contributed by atoms with Crippen molar-refractivity contribution < 1.29 is 54.7 Å². The second kappa shape index (κ2) is 5.89. The van der Waals surface area contributed by atoms with Crippen molar-refractivity contribution in [3.8, 4) is 0 Å². The van der Waals surface area contributed by atoms with Gasteiger partial charge in [-0.1, -0.05) is 0 Å². The summed E-state index contributed by atoms with van der Waals surface area (Å²) < 4.78 is 4.84. The normalized spacial score (nSPS) is 45.5. The van der Waals surface area contributed by atoms with Gasteiger partial charge >= 0.3 is 29.6 Å². The Labute approximate surface area is 103 Å². The van der Waals surface area contributed by atoms with E-state index in [1.807, 2.05) is 0 Å². The zero-order valence-electron chi connectivity index (χ0n) is 7.20. The minimum absolute atomic E-state index is 0. The molecule has 0 bridgehead atoms. The number of hydrogen-bond acceptors (Lipinski definition) is 6. The molecule has 5 nitrogen and oxygen atoms in total. The van der Waals surface area contributed by atoms with Crippen LogP contribution in [0.1, 0.15) is 0 Å². The molecular formula is C6H11NaO5S. The van der Waals surface area contributed by atoms with Crippen molar-refractivity contribution in [2.24, 2.45) is 0 Å². The molecule has 5 atom stereocenters. The molecule has 13 heavy (non-hydrogen) atoms. The molecule has 0 aromatic heterocycles. The van der Waals surface area contributed by atoms with Gasteiger partial charge in [0, 0.05) is 0 Å². The fourth-order valence-electron chi connectivity index (χ4n) is 1.07. The first-order valence-corrected chi connectivity index (χ1v) is 4.01. The summed E-state index contributed by atoms with van der Waals surface area (Å²) in [7, 11) is 0. The van der Waals surface area contributed by atoms with Gasteiger partial charge in [-0.25, -0.2) is 0 Å². The molecule has 0 spiro atoms. The molecule has 0 aromatic carbocycles. The first-order chi connectivity index (χ1) is 5.57. The Balaban J connectivity index is 0.00000144. The fraction of sp³-hybridized carbons (Fsp3) is 1.00. The number of aliphatic hydroxyl groups is 4. The van der Waals surface area contributed by atoms with Gasteiger partial charge in [-0.3, -0.25) is 0 Å². The van der Waals surface area contributed by atoms with Crippen molar-refractivity contribution in [3.05, 3.63) is 0 Å². The molecule has 72 valence electrons. The van der Waals surface area contributed by atoms with Gasteiger partial charge in [0.1, 0.15) is 18.3 Å². The first kappa shape index (κ1) is 14.2. The Morgan fingerprint density at radius 1 is 1.08 bits per heavy atom. The molecule has 1 aliphatic rings. The molecule has 0 radical (unpaired) electrons. The molecule has 1 heterocycles. The quantitative estimate of drug-likeness (QED) is 0.259. The van der Waals surface area contributed by atoms with Gasteiger partial charge in [-0.2, -0.15) is 0 Å². The maximum absolute atomic E-state index is 9.18. The molecule has 0 amide bonds. The topological polar surface area (TPSA) is 90.2 Å². The SMILES string of the molecule is OCC1O[C@@H]([S-])C(O)[C@H](O)[C@H]1O.[Na+]. The number of ether oxygens (including phenoxy) is 1. The molecule has 1 aliphatic heterocycles. The van der Waals surface area contributed by atoms with Crippen molar-refractivity contribution >= 4 is 12.6 Å². The van der Waals surface area contributed by atoms with E-state index in [2.05, 4.69) is 12.6 Å². The van der Waals surface area contributed by atoms with Crippen LogP contribution >= 0.6 is 0 Å². The van der Waals surface area contributed by atoms with E-state index in [0.29, 0.717) is 0 Å². The third kappa shape index (κ3) is 3.05. The minimum Gasteiger partial charge on any atom is -0.759 e. The minimum atomic E-state index is -1.35. The maximum atomic E-state index is 9.18. The molecule has 7 heteroatoms. The summed E-state index contributed by atoms with van der Waals surface area (Å²) >= 11 is 4.63. The van der Waals surface area contributed by atoms with E-state index in [1.165, 1.54) is 0 Å². The van der Waals surface area contributed by atoms with E-state index in [9.17, 15) is 5.11 Å².